The Hall–Kier alpha value is -1.06. The van der Waals surface area contributed by atoms with E-state index >= 15 is 0 Å². The molecule has 3 nitrogen and oxygen atoms in total. The average Bonchev–Trinajstić information content (AvgIpc) is 2.14. The highest BCUT2D eigenvalue weighted by Crippen LogP contribution is 2.20. The summed E-state index contributed by atoms with van der Waals surface area (Å²) >= 11 is 0. The molecule has 0 aromatic heterocycles. The van der Waals surface area contributed by atoms with Gasteiger partial charge < -0.3 is 15.6 Å². The van der Waals surface area contributed by atoms with Crippen molar-refractivity contribution in [3.8, 4) is 5.75 Å². The molecule has 0 unspecified atom stereocenters. The largest absolute Gasteiger partial charge is 0.491 e. The fourth-order valence-corrected chi connectivity index (χ4v) is 1.14. The highest BCUT2D eigenvalue weighted by Gasteiger charge is 2.13. The van der Waals surface area contributed by atoms with Crippen LogP contribution in [-0.2, 0) is 5.54 Å². The van der Waals surface area contributed by atoms with Crippen molar-refractivity contribution in [2.45, 2.75) is 19.4 Å². The summed E-state index contributed by atoms with van der Waals surface area (Å²) in [7, 11) is 0. The van der Waals surface area contributed by atoms with Crippen molar-refractivity contribution < 1.29 is 9.84 Å². The number of ether oxygens (including phenoxy) is 1. The first-order valence-electron chi connectivity index (χ1n) is 4.67. The van der Waals surface area contributed by atoms with Gasteiger partial charge in [-0.3, -0.25) is 0 Å². The highest BCUT2D eigenvalue weighted by atomic mass is 16.5. The van der Waals surface area contributed by atoms with Gasteiger partial charge in [0.2, 0.25) is 0 Å². The summed E-state index contributed by atoms with van der Waals surface area (Å²) < 4.78 is 5.23. The second-order valence-corrected chi connectivity index (χ2v) is 3.82. The molecule has 0 aliphatic heterocycles. The smallest absolute Gasteiger partial charge is 0.119 e. The van der Waals surface area contributed by atoms with Crippen LogP contribution in [0.25, 0.3) is 0 Å². The summed E-state index contributed by atoms with van der Waals surface area (Å²) in [6.07, 6.45) is 0. The van der Waals surface area contributed by atoms with Crippen molar-refractivity contribution in [1.29, 1.82) is 0 Å². The Labute approximate surface area is 84.5 Å². The van der Waals surface area contributed by atoms with Crippen molar-refractivity contribution >= 4 is 0 Å². The Kier molecular flexibility index (Phi) is 3.49. The van der Waals surface area contributed by atoms with E-state index in [-0.39, 0.29) is 12.1 Å². The lowest BCUT2D eigenvalue weighted by molar-refractivity contribution is 0.201. The van der Waals surface area contributed by atoms with Crippen LogP contribution in [-0.4, -0.2) is 18.3 Å². The maximum absolute atomic E-state index is 8.57. The van der Waals surface area contributed by atoms with Crippen LogP contribution < -0.4 is 10.5 Å². The van der Waals surface area contributed by atoms with Crippen LogP contribution in [0.5, 0.6) is 5.75 Å². The molecule has 0 amide bonds. The van der Waals surface area contributed by atoms with Gasteiger partial charge in [-0.15, -0.1) is 0 Å². The van der Waals surface area contributed by atoms with Gasteiger partial charge in [-0.1, -0.05) is 12.1 Å². The zero-order valence-electron chi connectivity index (χ0n) is 8.66. The lowest BCUT2D eigenvalue weighted by Crippen LogP contribution is -2.28. The van der Waals surface area contributed by atoms with Gasteiger partial charge >= 0.3 is 0 Å². The SMILES string of the molecule is CC(C)(N)c1ccc(OCCO)cc1. The van der Waals surface area contributed by atoms with E-state index in [0.717, 1.165) is 11.3 Å². The minimum absolute atomic E-state index is 0.0319. The van der Waals surface area contributed by atoms with E-state index in [1.165, 1.54) is 0 Å². The van der Waals surface area contributed by atoms with Crippen LogP contribution in [0.1, 0.15) is 19.4 Å². The van der Waals surface area contributed by atoms with Crippen molar-refractivity contribution in [1.82, 2.24) is 0 Å². The number of hydrogen-bond donors (Lipinski definition) is 2. The van der Waals surface area contributed by atoms with Crippen LogP contribution in [0.3, 0.4) is 0 Å². The molecule has 1 aromatic rings. The number of aliphatic hydroxyl groups excluding tert-OH is 1. The Morgan fingerprint density at radius 1 is 1.29 bits per heavy atom. The molecule has 0 atom stereocenters. The van der Waals surface area contributed by atoms with E-state index in [1.54, 1.807) is 0 Å². The van der Waals surface area contributed by atoms with Crippen LogP contribution in [0.15, 0.2) is 24.3 Å². The molecular weight excluding hydrogens is 178 g/mol. The minimum atomic E-state index is -0.324. The zero-order valence-corrected chi connectivity index (χ0v) is 8.66. The molecule has 0 bridgehead atoms. The highest BCUT2D eigenvalue weighted by molar-refractivity contribution is 5.30. The van der Waals surface area contributed by atoms with E-state index in [9.17, 15) is 0 Å². The van der Waals surface area contributed by atoms with E-state index in [0.29, 0.717) is 6.61 Å². The van der Waals surface area contributed by atoms with Gasteiger partial charge in [-0.25, -0.2) is 0 Å². The number of rotatable bonds is 4. The molecule has 78 valence electrons. The number of benzene rings is 1. The summed E-state index contributed by atoms with van der Waals surface area (Å²) in [6.45, 7) is 4.27. The second kappa shape index (κ2) is 4.44. The monoisotopic (exact) mass is 195 g/mol. The molecule has 0 heterocycles. The molecule has 14 heavy (non-hydrogen) atoms. The fourth-order valence-electron chi connectivity index (χ4n) is 1.14. The predicted octanol–water partition coefficient (Wildman–Crippen LogP) is 1.25. The third kappa shape index (κ3) is 3.01. The van der Waals surface area contributed by atoms with Gasteiger partial charge in [0.25, 0.3) is 0 Å². The first-order valence-corrected chi connectivity index (χ1v) is 4.67. The molecule has 0 saturated carbocycles. The topological polar surface area (TPSA) is 55.5 Å². The molecular formula is C11H17NO2. The van der Waals surface area contributed by atoms with E-state index < -0.39 is 0 Å². The molecule has 0 saturated heterocycles. The molecule has 1 rings (SSSR count). The van der Waals surface area contributed by atoms with Crippen molar-refractivity contribution in [2.75, 3.05) is 13.2 Å². The summed E-state index contributed by atoms with van der Waals surface area (Å²) in [6, 6.07) is 7.60. The molecule has 0 fully saturated rings. The summed E-state index contributed by atoms with van der Waals surface area (Å²) in [5.74, 6) is 0.757. The average molecular weight is 195 g/mol. The molecule has 0 spiro atoms. The summed E-state index contributed by atoms with van der Waals surface area (Å²) in [5.41, 5.74) is 6.67. The van der Waals surface area contributed by atoms with E-state index in [2.05, 4.69) is 0 Å². The standard InChI is InChI=1S/C11H17NO2/c1-11(2,12)9-3-5-10(6-4-9)14-8-7-13/h3-6,13H,7-8,12H2,1-2H3. The van der Waals surface area contributed by atoms with Gasteiger partial charge in [0.05, 0.1) is 6.61 Å². The lowest BCUT2D eigenvalue weighted by atomic mass is 9.96. The van der Waals surface area contributed by atoms with Crippen molar-refractivity contribution in [3.63, 3.8) is 0 Å². The Bertz CT molecular complexity index is 274. The third-order valence-electron chi connectivity index (χ3n) is 1.96. The van der Waals surface area contributed by atoms with Gasteiger partial charge in [0.15, 0.2) is 0 Å². The lowest BCUT2D eigenvalue weighted by Gasteiger charge is -2.19. The maximum Gasteiger partial charge on any atom is 0.119 e. The quantitative estimate of drug-likeness (QED) is 0.760. The molecule has 3 N–H and O–H groups in total. The Balaban J connectivity index is 2.69. The zero-order chi connectivity index (χ0) is 10.6. The fraction of sp³-hybridized carbons (Fsp3) is 0.455. The van der Waals surface area contributed by atoms with Crippen LogP contribution in [0.2, 0.25) is 0 Å². The van der Waals surface area contributed by atoms with Crippen LogP contribution in [0, 0.1) is 0 Å². The van der Waals surface area contributed by atoms with Crippen LogP contribution in [0.4, 0.5) is 0 Å². The van der Waals surface area contributed by atoms with Gasteiger partial charge in [-0.2, -0.15) is 0 Å². The third-order valence-corrected chi connectivity index (χ3v) is 1.96. The number of nitrogens with two attached hydrogens (primary N) is 1. The normalized spacial score (nSPS) is 11.4. The van der Waals surface area contributed by atoms with Crippen molar-refractivity contribution in [3.05, 3.63) is 29.8 Å². The predicted molar refractivity (Wildman–Crippen MR) is 56.2 cm³/mol. The second-order valence-electron chi connectivity index (χ2n) is 3.82. The molecule has 0 radical (unpaired) electrons. The van der Waals surface area contributed by atoms with Gasteiger partial charge in [-0.05, 0) is 31.5 Å². The van der Waals surface area contributed by atoms with Gasteiger partial charge in [0, 0.05) is 5.54 Å². The molecule has 1 aromatic carbocycles. The molecule has 0 aliphatic rings. The summed E-state index contributed by atoms with van der Waals surface area (Å²) in [5, 5.41) is 8.57. The Morgan fingerprint density at radius 2 is 1.86 bits per heavy atom. The molecule has 0 aliphatic carbocycles. The minimum Gasteiger partial charge on any atom is -0.491 e. The number of hydrogen-bond acceptors (Lipinski definition) is 3. The first-order chi connectivity index (χ1) is 6.54. The Morgan fingerprint density at radius 3 is 2.29 bits per heavy atom. The van der Waals surface area contributed by atoms with E-state index in [1.807, 2.05) is 38.1 Å². The van der Waals surface area contributed by atoms with Crippen molar-refractivity contribution in [2.24, 2.45) is 5.73 Å². The number of aliphatic hydroxyl groups is 1. The van der Waals surface area contributed by atoms with Gasteiger partial charge in [0.1, 0.15) is 12.4 Å². The van der Waals surface area contributed by atoms with Crippen LogP contribution >= 0.6 is 0 Å². The maximum atomic E-state index is 8.57. The molecule has 3 heteroatoms. The summed E-state index contributed by atoms with van der Waals surface area (Å²) in [4.78, 5) is 0. The first kappa shape index (κ1) is 11.0. The van der Waals surface area contributed by atoms with E-state index in [4.69, 9.17) is 15.6 Å².